The molecule has 0 aromatic carbocycles. The molecule has 0 heterocycles. The Kier molecular flexibility index (Phi) is 4.77. The first kappa shape index (κ1) is 15.0. The summed E-state index contributed by atoms with van der Waals surface area (Å²) in [5.41, 5.74) is 0.0832. The van der Waals surface area contributed by atoms with E-state index in [0.29, 0.717) is 6.54 Å². The number of methoxy groups -OCH3 is 1. The van der Waals surface area contributed by atoms with E-state index in [0.717, 1.165) is 19.3 Å². The van der Waals surface area contributed by atoms with E-state index >= 15 is 0 Å². The third kappa shape index (κ3) is 3.24. The highest BCUT2D eigenvalue weighted by atomic mass is 16.5. The molecule has 0 aliphatic heterocycles. The molecule has 104 valence electrons. The molecule has 4 heteroatoms. The first-order valence-corrected chi connectivity index (χ1v) is 6.62. The van der Waals surface area contributed by atoms with Crippen LogP contribution in [0.1, 0.15) is 40.0 Å². The van der Waals surface area contributed by atoms with Gasteiger partial charge in [0.05, 0.1) is 13.0 Å². The maximum absolute atomic E-state index is 12.4. The maximum Gasteiger partial charge on any atom is 0.310 e. The van der Waals surface area contributed by atoms with E-state index in [9.17, 15) is 9.59 Å². The quantitative estimate of drug-likeness (QED) is 0.723. The highest BCUT2D eigenvalue weighted by molar-refractivity contribution is 5.80. The summed E-state index contributed by atoms with van der Waals surface area (Å²) in [7, 11) is 3.15. The number of hydrogen-bond acceptors (Lipinski definition) is 3. The van der Waals surface area contributed by atoms with Crippen LogP contribution in [0.15, 0.2) is 0 Å². The zero-order valence-electron chi connectivity index (χ0n) is 12.2. The molecule has 0 radical (unpaired) electrons. The zero-order valence-corrected chi connectivity index (χ0v) is 12.2. The van der Waals surface area contributed by atoms with E-state index in [1.807, 2.05) is 0 Å². The highest BCUT2D eigenvalue weighted by Gasteiger charge is 2.40. The molecule has 1 aliphatic rings. The predicted molar refractivity (Wildman–Crippen MR) is 69.9 cm³/mol. The Hall–Kier alpha value is -1.06. The molecule has 1 saturated carbocycles. The van der Waals surface area contributed by atoms with Crippen molar-refractivity contribution in [3.05, 3.63) is 0 Å². The number of esters is 1. The Balaban J connectivity index is 2.59. The molecule has 1 rings (SSSR count). The van der Waals surface area contributed by atoms with Gasteiger partial charge in [-0.1, -0.05) is 27.2 Å². The van der Waals surface area contributed by atoms with Crippen molar-refractivity contribution >= 4 is 11.9 Å². The van der Waals surface area contributed by atoms with Gasteiger partial charge in [0.1, 0.15) is 0 Å². The van der Waals surface area contributed by atoms with Gasteiger partial charge in [0.2, 0.25) is 5.91 Å². The third-order valence-electron chi connectivity index (χ3n) is 4.08. The molecule has 0 N–H and O–H groups in total. The summed E-state index contributed by atoms with van der Waals surface area (Å²) in [6.07, 6.45) is 3.18. The van der Waals surface area contributed by atoms with Crippen molar-refractivity contribution in [3.8, 4) is 0 Å². The topological polar surface area (TPSA) is 46.6 Å². The summed E-state index contributed by atoms with van der Waals surface area (Å²) in [6, 6.07) is 0. The number of rotatable bonds is 4. The van der Waals surface area contributed by atoms with Gasteiger partial charge in [0, 0.05) is 19.5 Å². The van der Waals surface area contributed by atoms with E-state index in [2.05, 4.69) is 18.6 Å². The second kappa shape index (κ2) is 5.72. The van der Waals surface area contributed by atoms with E-state index in [1.165, 1.54) is 7.11 Å². The number of carbonyl (C=O) groups excluding carboxylic acids is 2. The molecule has 4 nitrogen and oxygen atoms in total. The van der Waals surface area contributed by atoms with Crippen LogP contribution in [0.4, 0.5) is 0 Å². The summed E-state index contributed by atoms with van der Waals surface area (Å²) in [5.74, 6) is -0.283. The lowest BCUT2D eigenvalue weighted by atomic mass is 9.81. The van der Waals surface area contributed by atoms with Gasteiger partial charge in [-0.05, 0) is 18.3 Å². The SMILES string of the molecule is COC(=O)C(C)CN(C)C(=O)C1CCCC1(C)C. The standard InChI is InChI=1S/C14H25NO3/c1-10(13(17)18-5)9-15(4)12(16)11-7-6-8-14(11,2)3/h10-11H,6-9H2,1-5H3. The summed E-state index contributed by atoms with van der Waals surface area (Å²) in [6.45, 7) is 6.52. The van der Waals surface area contributed by atoms with Crippen LogP contribution in [0.3, 0.4) is 0 Å². The van der Waals surface area contributed by atoms with Crippen LogP contribution in [0.5, 0.6) is 0 Å². The largest absolute Gasteiger partial charge is 0.469 e. The van der Waals surface area contributed by atoms with Crippen LogP contribution in [0, 0.1) is 17.3 Å². The van der Waals surface area contributed by atoms with Gasteiger partial charge in [0.15, 0.2) is 0 Å². The number of amides is 1. The fourth-order valence-electron chi connectivity index (χ4n) is 2.83. The minimum atomic E-state index is -0.270. The van der Waals surface area contributed by atoms with Gasteiger partial charge in [-0.2, -0.15) is 0 Å². The van der Waals surface area contributed by atoms with Crippen LogP contribution in [-0.4, -0.2) is 37.5 Å². The molecule has 2 atom stereocenters. The summed E-state index contributed by atoms with van der Waals surface area (Å²) >= 11 is 0. The Bertz CT molecular complexity index is 325. The average Bonchev–Trinajstić information content (AvgIpc) is 2.66. The fraction of sp³-hybridized carbons (Fsp3) is 0.857. The number of carbonyl (C=O) groups is 2. The molecule has 0 spiro atoms. The lowest BCUT2D eigenvalue weighted by Crippen LogP contribution is -2.41. The second-order valence-electron chi connectivity index (χ2n) is 6.08. The summed E-state index contributed by atoms with van der Waals surface area (Å²) < 4.78 is 4.68. The van der Waals surface area contributed by atoms with E-state index in [4.69, 9.17) is 0 Å². The van der Waals surface area contributed by atoms with Gasteiger partial charge >= 0.3 is 5.97 Å². The van der Waals surface area contributed by atoms with Gasteiger partial charge in [-0.15, -0.1) is 0 Å². The Morgan fingerprint density at radius 3 is 2.50 bits per heavy atom. The molecule has 0 aromatic rings. The minimum Gasteiger partial charge on any atom is -0.469 e. The van der Waals surface area contributed by atoms with E-state index in [1.54, 1.807) is 18.9 Å². The van der Waals surface area contributed by atoms with Crippen molar-refractivity contribution in [1.29, 1.82) is 0 Å². The molecule has 1 fully saturated rings. The normalized spacial score (nSPS) is 23.5. The summed E-state index contributed by atoms with van der Waals surface area (Å²) in [4.78, 5) is 25.4. The third-order valence-corrected chi connectivity index (χ3v) is 4.08. The van der Waals surface area contributed by atoms with Crippen LogP contribution >= 0.6 is 0 Å². The lowest BCUT2D eigenvalue weighted by molar-refractivity contribution is -0.147. The van der Waals surface area contributed by atoms with Crippen molar-refractivity contribution in [2.45, 2.75) is 40.0 Å². The molecular formula is C14H25NO3. The van der Waals surface area contributed by atoms with E-state index < -0.39 is 0 Å². The van der Waals surface area contributed by atoms with Gasteiger partial charge in [0.25, 0.3) is 0 Å². The van der Waals surface area contributed by atoms with Crippen molar-refractivity contribution in [1.82, 2.24) is 4.90 Å². The molecule has 2 unspecified atom stereocenters. The zero-order chi connectivity index (χ0) is 13.9. The average molecular weight is 255 g/mol. The molecule has 0 saturated heterocycles. The van der Waals surface area contributed by atoms with Crippen LogP contribution in [-0.2, 0) is 14.3 Å². The number of nitrogens with zero attached hydrogens (tertiary/aromatic N) is 1. The smallest absolute Gasteiger partial charge is 0.310 e. The molecular weight excluding hydrogens is 230 g/mol. The molecule has 1 amide bonds. The number of hydrogen-bond donors (Lipinski definition) is 0. The Labute approximate surface area is 110 Å². The van der Waals surface area contributed by atoms with Crippen molar-refractivity contribution in [2.75, 3.05) is 20.7 Å². The van der Waals surface area contributed by atoms with Crippen molar-refractivity contribution < 1.29 is 14.3 Å². The fourth-order valence-corrected chi connectivity index (χ4v) is 2.83. The van der Waals surface area contributed by atoms with Crippen molar-refractivity contribution in [3.63, 3.8) is 0 Å². The molecule has 1 aliphatic carbocycles. The Morgan fingerprint density at radius 1 is 1.44 bits per heavy atom. The Morgan fingerprint density at radius 2 is 2.06 bits per heavy atom. The maximum atomic E-state index is 12.4. The van der Waals surface area contributed by atoms with Crippen LogP contribution < -0.4 is 0 Å². The van der Waals surface area contributed by atoms with Crippen LogP contribution in [0.2, 0.25) is 0 Å². The second-order valence-corrected chi connectivity index (χ2v) is 6.08. The highest BCUT2D eigenvalue weighted by Crippen LogP contribution is 2.43. The molecule has 18 heavy (non-hydrogen) atoms. The van der Waals surface area contributed by atoms with Crippen LogP contribution in [0.25, 0.3) is 0 Å². The first-order valence-electron chi connectivity index (χ1n) is 6.62. The first-order chi connectivity index (χ1) is 8.29. The number of ether oxygens (including phenoxy) is 1. The molecule has 0 bridgehead atoms. The summed E-state index contributed by atoms with van der Waals surface area (Å²) in [5, 5.41) is 0. The molecule has 0 aromatic heterocycles. The van der Waals surface area contributed by atoms with Crippen molar-refractivity contribution in [2.24, 2.45) is 17.3 Å². The predicted octanol–water partition coefficient (Wildman–Crippen LogP) is 2.08. The van der Waals surface area contributed by atoms with Gasteiger partial charge in [-0.3, -0.25) is 9.59 Å². The monoisotopic (exact) mass is 255 g/mol. The van der Waals surface area contributed by atoms with Gasteiger partial charge in [-0.25, -0.2) is 0 Å². The van der Waals surface area contributed by atoms with E-state index in [-0.39, 0.29) is 29.1 Å². The van der Waals surface area contributed by atoms with Gasteiger partial charge < -0.3 is 9.64 Å². The minimum absolute atomic E-state index is 0.0832. The lowest BCUT2D eigenvalue weighted by Gasteiger charge is -2.30.